The highest BCUT2D eigenvalue weighted by Crippen LogP contribution is 2.45. The third-order valence-corrected chi connectivity index (χ3v) is 6.40. The van der Waals surface area contributed by atoms with Gasteiger partial charge in [-0.15, -0.1) is 11.3 Å². The molecule has 0 saturated heterocycles. The van der Waals surface area contributed by atoms with E-state index >= 15 is 0 Å². The Bertz CT molecular complexity index is 1050. The van der Waals surface area contributed by atoms with Gasteiger partial charge in [0.05, 0.1) is 30.5 Å². The first-order chi connectivity index (χ1) is 13.3. The lowest BCUT2D eigenvalue weighted by Gasteiger charge is -2.22. The monoisotopic (exact) mass is 459 g/mol. The predicted octanol–water partition coefficient (Wildman–Crippen LogP) is 4.73. The van der Waals surface area contributed by atoms with Crippen molar-refractivity contribution in [1.82, 2.24) is 0 Å². The van der Waals surface area contributed by atoms with Gasteiger partial charge in [-0.3, -0.25) is 9.59 Å². The average Bonchev–Trinajstić information content (AvgIpc) is 3.32. The van der Waals surface area contributed by atoms with Crippen LogP contribution in [0.4, 0.5) is 5.69 Å². The number of ketones is 1. The summed E-state index contributed by atoms with van der Waals surface area (Å²) in [6.45, 7) is 3.83. The molecular formula is C21H18BrNO4S. The van der Waals surface area contributed by atoms with E-state index in [0.717, 1.165) is 9.35 Å². The summed E-state index contributed by atoms with van der Waals surface area (Å²) in [4.78, 5) is 28.8. The molecule has 0 fully saturated rings. The van der Waals surface area contributed by atoms with E-state index in [9.17, 15) is 14.7 Å². The molecule has 1 N–H and O–H groups in total. The summed E-state index contributed by atoms with van der Waals surface area (Å²) in [5, 5.41) is 13.4. The quantitative estimate of drug-likeness (QED) is 0.559. The van der Waals surface area contributed by atoms with Crippen molar-refractivity contribution in [1.29, 1.82) is 0 Å². The molecule has 0 saturated carbocycles. The van der Waals surface area contributed by atoms with Crippen molar-refractivity contribution >= 4 is 44.6 Å². The highest BCUT2D eigenvalue weighted by Gasteiger charge is 2.51. The summed E-state index contributed by atoms with van der Waals surface area (Å²) in [6, 6.07) is 9.19. The van der Waals surface area contributed by atoms with Crippen LogP contribution in [-0.4, -0.2) is 16.8 Å². The third-order valence-electron chi connectivity index (χ3n) is 5.04. The molecule has 1 amide bonds. The molecule has 3 aromatic rings. The Morgan fingerprint density at radius 1 is 1.32 bits per heavy atom. The fraction of sp³-hybridized carbons (Fsp3) is 0.238. The van der Waals surface area contributed by atoms with Crippen LogP contribution >= 0.6 is 27.3 Å². The van der Waals surface area contributed by atoms with Crippen LogP contribution in [0.5, 0.6) is 0 Å². The van der Waals surface area contributed by atoms with Gasteiger partial charge >= 0.3 is 0 Å². The van der Waals surface area contributed by atoms with Gasteiger partial charge in [0.25, 0.3) is 5.91 Å². The smallest absolute Gasteiger partial charge is 0.264 e. The van der Waals surface area contributed by atoms with E-state index in [1.807, 2.05) is 23.6 Å². The number of benzene rings is 1. The Kier molecular flexibility index (Phi) is 4.77. The lowest BCUT2D eigenvalue weighted by molar-refractivity contribution is -0.136. The summed E-state index contributed by atoms with van der Waals surface area (Å²) >= 11 is 4.95. The molecule has 1 aliphatic heterocycles. The summed E-state index contributed by atoms with van der Waals surface area (Å²) in [7, 11) is 0. The number of halogens is 1. The largest absolute Gasteiger partial charge is 0.469 e. The molecule has 144 valence electrons. The fourth-order valence-electron chi connectivity index (χ4n) is 3.72. The van der Waals surface area contributed by atoms with Crippen LogP contribution in [0.15, 0.2) is 50.9 Å². The van der Waals surface area contributed by atoms with Crippen molar-refractivity contribution in [2.45, 2.75) is 32.4 Å². The van der Waals surface area contributed by atoms with Crippen LogP contribution in [0.1, 0.15) is 38.5 Å². The second-order valence-electron chi connectivity index (χ2n) is 6.94. The Morgan fingerprint density at radius 2 is 2.11 bits per heavy atom. The summed E-state index contributed by atoms with van der Waals surface area (Å²) in [6.07, 6.45) is 1.17. The van der Waals surface area contributed by atoms with Crippen molar-refractivity contribution in [3.8, 4) is 0 Å². The first kappa shape index (κ1) is 19.1. The Labute approximate surface area is 174 Å². The summed E-state index contributed by atoms with van der Waals surface area (Å²) in [5.74, 6) is -0.314. The number of aliphatic hydroxyl groups is 1. The maximum atomic E-state index is 13.3. The van der Waals surface area contributed by atoms with Crippen LogP contribution in [0.2, 0.25) is 0 Å². The topological polar surface area (TPSA) is 70.7 Å². The Balaban J connectivity index is 1.74. The van der Waals surface area contributed by atoms with Gasteiger partial charge in [0.15, 0.2) is 11.4 Å². The van der Waals surface area contributed by atoms with Crippen molar-refractivity contribution in [3.63, 3.8) is 0 Å². The first-order valence-electron chi connectivity index (χ1n) is 8.76. The highest BCUT2D eigenvalue weighted by atomic mass is 79.9. The zero-order valence-corrected chi connectivity index (χ0v) is 17.8. The number of Topliss-reactive ketones (excluding diaryl/α,β-unsaturated/α-hetero) is 1. The molecule has 0 aliphatic carbocycles. The second kappa shape index (κ2) is 6.99. The van der Waals surface area contributed by atoms with E-state index in [2.05, 4.69) is 15.9 Å². The van der Waals surface area contributed by atoms with Crippen molar-refractivity contribution in [2.24, 2.45) is 0 Å². The molecule has 1 aromatic carbocycles. The number of fused-ring (bicyclic) bond motifs is 1. The fourth-order valence-corrected chi connectivity index (χ4v) is 4.77. The molecule has 1 atom stereocenters. The molecule has 28 heavy (non-hydrogen) atoms. The van der Waals surface area contributed by atoms with Gasteiger partial charge in [-0.1, -0.05) is 22.0 Å². The van der Waals surface area contributed by atoms with Crippen LogP contribution in [0.3, 0.4) is 0 Å². The predicted molar refractivity (Wildman–Crippen MR) is 111 cm³/mol. The van der Waals surface area contributed by atoms with Crippen molar-refractivity contribution in [3.05, 3.63) is 73.8 Å². The molecule has 0 radical (unpaired) electrons. The average molecular weight is 460 g/mol. The van der Waals surface area contributed by atoms with E-state index in [0.29, 0.717) is 34.7 Å². The van der Waals surface area contributed by atoms with Crippen molar-refractivity contribution < 1.29 is 19.1 Å². The van der Waals surface area contributed by atoms with Gasteiger partial charge in [0.2, 0.25) is 0 Å². The molecule has 4 rings (SSSR count). The minimum atomic E-state index is -1.91. The van der Waals surface area contributed by atoms with E-state index in [4.69, 9.17) is 4.42 Å². The maximum absolute atomic E-state index is 13.3. The number of hydrogen-bond donors (Lipinski definition) is 1. The molecule has 2 aromatic heterocycles. The molecular weight excluding hydrogens is 442 g/mol. The molecule has 7 heteroatoms. The number of aryl methyl sites for hydroxylation is 2. The molecule has 0 spiro atoms. The maximum Gasteiger partial charge on any atom is 0.264 e. The first-order valence-corrected chi connectivity index (χ1v) is 10.4. The minimum Gasteiger partial charge on any atom is -0.469 e. The van der Waals surface area contributed by atoms with Gasteiger partial charge < -0.3 is 14.4 Å². The van der Waals surface area contributed by atoms with Crippen LogP contribution in [-0.2, 0) is 16.9 Å². The number of anilines is 1. The lowest BCUT2D eigenvalue weighted by atomic mass is 9.87. The van der Waals surface area contributed by atoms with Gasteiger partial charge in [0.1, 0.15) is 5.76 Å². The van der Waals surface area contributed by atoms with Gasteiger partial charge in [-0.05, 0) is 49.1 Å². The minimum absolute atomic E-state index is 0.316. The normalized spacial score (nSPS) is 18.6. The SMILES string of the molecule is Cc1coc(C)c1C(=O)CC1(O)C(=O)N(Cc2cccs2)c2ccc(Br)cc21. The molecule has 1 aliphatic rings. The van der Waals surface area contributed by atoms with Crippen LogP contribution < -0.4 is 4.90 Å². The second-order valence-corrected chi connectivity index (χ2v) is 8.89. The van der Waals surface area contributed by atoms with Gasteiger partial charge in [-0.2, -0.15) is 0 Å². The van der Waals surface area contributed by atoms with Crippen molar-refractivity contribution in [2.75, 3.05) is 4.90 Å². The van der Waals surface area contributed by atoms with E-state index in [1.54, 1.807) is 42.2 Å². The summed E-state index contributed by atoms with van der Waals surface area (Å²) < 4.78 is 6.05. The Morgan fingerprint density at radius 3 is 2.75 bits per heavy atom. The number of carbonyl (C=O) groups is 2. The zero-order valence-electron chi connectivity index (χ0n) is 15.4. The lowest BCUT2D eigenvalue weighted by Crippen LogP contribution is -2.41. The van der Waals surface area contributed by atoms with Crippen LogP contribution in [0.25, 0.3) is 0 Å². The zero-order chi connectivity index (χ0) is 20.1. The van der Waals surface area contributed by atoms with E-state index < -0.39 is 11.5 Å². The van der Waals surface area contributed by atoms with E-state index in [1.165, 1.54) is 6.26 Å². The number of hydrogen-bond acceptors (Lipinski definition) is 5. The highest BCUT2D eigenvalue weighted by molar-refractivity contribution is 9.10. The van der Waals surface area contributed by atoms with Crippen LogP contribution in [0, 0.1) is 13.8 Å². The standard InChI is InChI=1S/C21H18BrNO4S/c1-12-11-27-13(2)19(12)18(24)9-21(26)16-8-14(22)5-6-17(16)23(20(21)25)10-15-4-3-7-28-15/h3-8,11,26H,9-10H2,1-2H3. The number of nitrogens with zero attached hydrogens (tertiary/aromatic N) is 1. The molecule has 3 heterocycles. The molecule has 0 bridgehead atoms. The number of rotatable bonds is 5. The molecule has 1 unspecified atom stereocenters. The number of carbonyl (C=O) groups excluding carboxylic acids is 2. The van der Waals surface area contributed by atoms with E-state index in [-0.39, 0.29) is 12.2 Å². The number of amides is 1. The third kappa shape index (κ3) is 3.03. The number of thiophene rings is 1. The number of furan rings is 1. The van der Waals surface area contributed by atoms with Gasteiger partial charge in [-0.25, -0.2) is 0 Å². The van der Waals surface area contributed by atoms with Gasteiger partial charge in [0, 0.05) is 14.9 Å². The Hall–Kier alpha value is -2.22. The summed E-state index contributed by atoms with van der Waals surface area (Å²) in [5.41, 5.74) is 0.271. The molecule has 5 nitrogen and oxygen atoms in total.